The highest BCUT2D eigenvalue weighted by atomic mass is 127. The van der Waals surface area contributed by atoms with Crippen molar-refractivity contribution in [1.29, 1.82) is 0 Å². The average molecular weight is 565 g/mol. The van der Waals surface area contributed by atoms with Crippen LogP contribution in [-0.2, 0) is 11.4 Å². The number of benzene rings is 2. The zero-order valence-corrected chi connectivity index (χ0v) is 21.1. The molecule has 7 heteroatoms. The van der Waals surface area contributed by atoms with E-state index in [1.165, 1.54) is 31.0 Å². The fraction of sp³-hybridized carbons (Fsp3) is 0.333. The number of methoxy groups -OCH3 is 1. The molecule has 4 rings (SSSR count). The number of amides is 1. The Kier molecular flexibility index (Phi) is 7.55. The van der Waals surface area contributed by atoms with Crippen molar-refractivity contribution < 1.29 is 14.3 Å². The second kappa shape index (κ2) is 10.4. The van der Waals surface area contributed by atoms with Gasteiger partial charge in [-0.05, 0) is 64.8 Å². The lowest BCUT2D eigenvalue weighted by Gasteiger charge is -2.29. The first kappa shape index (κ1) is 22.6. The van der Waals surface area contributed by atoms with E-state index < -0.39 is 0 Å². The van der Waals surface area contributed by atoms with Crippen LogP contribution in [-0.4, -0.2) is 28.3 Å². The Hall–Kier alpha value is -1.58. The van der Waals surface area contributed by atoms with Crippen molar-refractivity contribution in [3.05, 3.63) is 62.1 Å². The fourth-order valence-electron chi connectivity index (χ4n) is 3.98. The molecule has 1 heterocycles. The largest absolute Gasteiger partial charge is 0.493 e. The summed E-state index contributed by atoms with van der Waals surface area (Å²) in [5, 5.41) is 0. The topological polar surface area (TPSA) is 38.8 Å². The molecule has 1 saturated heterocycles. The molecule has 0 N–H and O–H groups in total. The molecule has 162 valence electrons. The quantitative estimate of drug-likeness (QED) is 0.230. The van der Waals surface area contributed by atoms with Crippen LogP contribution in [0.5, 0.6) is 11.5 Å². The molecule has 1 aliphatic carbocycles. The highest BCUT2D eigenvalue weighted by molar-refractivity contribution is 14.1. The highest BCUT2D eigenvalue weighted by Crippen LogP contribution is 2.39. The van der Waals surface area contributed by atoms with Crippen molar-refractivity contribution in [2.45, 2.75) is 44.8 Å². The van der Waals surface area contributed by atoms with Crippen LogP contribution in [0.1, 0.15) is 43.2 Å². The van der Waals surface area contributed by atoms with E-state index in [1.807, 2.05) is 53.4 Å². The lowest BCUT2D eigenvalue weighted by Crippen LogP contribution is -2.39. The van der Waals surface area contributed by atoms with E-state index in [9.17, 15) is 4.79 Å². The third-order valence-corrected chi connectivity index (χ3v) is 7.67. The number of thiocarbonyl (C=S) groups is 1. The molecule has 0 radical (unpaired) electrons. The normalized spacial score (nSPS) is 18.6. The van der Waals surface area contributed by atoms with Crippen LogP contribution in [0, 0.1) is 3.57 Å². The molecule has 31 heavy (non-hydrogen) atoms. The van der Waals surface area contributed by atoms with E-state index in [0.29, 0.717) is 27.3 Å². The van der Waals surface area contributed by atoms with Gasteiger partial charge >= 0.3 is 0 Å². The summed E-state index contributed by atoms with van der Waals surface area (Å²) in [6.07, 6.45) is 7.57. The van der Waals surface area contributed by atoms with E-state index in [-0.39, 0.29) is 11.9 Å². The molecular formula is C24H24INO3S2. The third-order valence-electron chi connectivity index (χ3n) is 5.54. The molecule has 0 bridgehead atoms. The first-order chi connectivity index (χ1) is 15.1. The number of nitrogens with zero attached hydrogens (tertiary/aromatic N) is 1. The van der Waals surface area contributed by atoms with E-state index in [0.717, 1.165) is 27.5 Å². The summed E-state index contributed by atoms with van der Waals surface area (Å²) in [4.78, 5) is 15.6. The van der Waals surface area contributed by atoms with E-state index in [2.05, 4.69) is 22.6 Å². The van der Waals surface area contributed by atoms with Gasteiger partial charge in [0.05, 0.1) is 15.6 Å². The predicted molar refractivity (Wildman–Crippen MR) is 138 cm³/mol. The number of halogens is 1. The van der Waals surface area contributed by atoms with Gasteiger partial charge in [0.2, 0.25) is 0 Å². The van der Waals surface area contributed by atoms with Gasteiger partial charge in [0, 0.05) is 6.04 Å². The summed E-state index contributed by atoms with van der Waals surface area (Å²) in [6.45, 7) is 0.465. The Morgan fingerprint density at radius 3 is 2.65 bits per heavy atom. The Labute approximate surface area is 206 Å². The van der Waals surface area contributed by atoms with Crippen molar-refractivity contribution >= 4 is 62.9 Å². The van der Waals surface area contributed by atoms with Crippen LogP contribution in [0.25, 0.3) is 6.08 Å². The van der Waals surface area contributed by atoms with Gasteiger partial charge in [0.15, 0.2) is 11.5 Å². The van der Waals surface area contributed by atoms with Crippen molar-refractivity contribution in [3.63, 3.8) is 0 Å². The molecule has 1 saturated carbocycles. The lowest BCUT2D eigenvalue weighted by molar-refractivity contribution is -0.124. The van der Waals surface area contributed by atoms with Gasteiger partial charge in [0.25, 0.3) is 5.91 Å². The molecule has 1 aliphatic heterocycles. The first-order valence-electron chi connectivity index (χ1n) is 10.4. The number of hydrogen-bond donors (Lipinski definition) is 0. The van der Waals surface area contributed by atoms with Crippen molar-refractivity contribution in [3.8, 4) is 11.5 Å². The first-order valence-corrected chi connectivity index (χ1v) is 12.7. The number of ether oxygens (including phenoxy) is 2. The molecular weight excluding hydrogens is 541 g/mol. The van der Waals surface area contributed by atoms with E-state index in [1.54, 1.807) is 7.11 Å². The summed E-state index contributed by atoms with van der Waals surface area (Å²) in [5.41, 5.74) is 1.99. The van der Waals surface area contributed by atoms with Gasteiger partial charge in [0.1, 0.15) is 10.9 Å². The van der Waals surface area contributed by atoms with Crippen molar-refractivity contribution in [2.24, 2.45) is 0 Å². The second-order valence-electron chi connectivity index (χ2n) is 7.65. The van der Waals surface area contributed by atoms with Crippen LogP contribution in [0.2, 0.25) is 0 Å². The average Bonchev–Trinajstić information content (AvgIpc) is 3.06. The monoisotopic (exact) mass is 565 g/mol. The number of carbonyl (C=O) groups is 1. The maximum absolute atomic E-state index is 13.1. The van der Waals surface area contributed by atoms with Gasteiger partial charge in [-0.1, -0.05) is 73.6 Å². The SMILES string of the molecule is COc1cc(/C=C2\SC(=S)N(C3CCCCC3)C2=O)cc(I)c1OCc1ccccc1. The van der Waals surface area contributed by atoms with Crippen LogP contribution >= 0.6 is 46.6 Å². The van der Waals surface area contributed by atoms with Gasteiger partial charge in [-0.3, -0.25) is 9.69 Å². The molecule has 2 aromatic rings. The standard InChI is InChI=1S/C24H24INO3S2/c1-28-20-13-17(12-19(25)22(20)29-15-16-8-4-2-5-9-16)14-21-23(27)26(24(30)31-21)18-10-6-3-7-11-18/h2,4-5,8-9,12-14,18H,3,6-7,10-11,15H2,1H3/b21-14-. The smallest absolute Gasteiger partial charge is 0.266 e. The molecule has 0 unspecified atom stereocenters. The van der Waals surface area contributed by atoms with Gasteiger partial charge in [-0.25, -0.2) is 0 Å². The van der Waals surface area contributed by atoms with Crippen molar-refractivity contribution in [1.82, 2.24) is 4.90 Å². The third kappa shape index (κ3) is 5.26. The summed E-state index contributed by atoms with van der Waals surface area (Å²) < 4.78 is 13.3. The van der Waals surface area contributed by atoms with Crippen LogP contribution in [0.15, 0.2) is 47.4 Å². The second-order valence-corrected chi connectivity index (χ2v) is 10.5. The Balaban J connectivity index is 1.54. The van der Waals surface area contributed by atoms with E-state index >= 15 is 0 Å². The minimum absolute atomic E-state index is 0.0280. The molecule has 0 atom stereocenters. The lowest BCUT2D eigenvalue weighted by atomic mass is 9.94. The Bertz CT molecular complexity index is 1000. The molecule has 4 nitrogen and oxygen atoms in total. The zero-order chi connectivity index (χ0) is 21.8. The molecule has 1 amide bonds. The van der Waals surface area contributed by atoms with Crippen LogP contribution < -0.4 is 9.47 Å². The predicted octanol–water partition coefficient (Wildman–Crippen LogP) is 6.41. The number of carbonyl (C=O) groups excluding carboxylic acids is 1. The van der Waals surface area contributed by atoms with Crippen LogP contribution in [0.4, 0.5) is 0 Å². The minimum atomic E-state index is 0.0280. The molecule has 0 spiro atoms. The maximum atomic E-state index is 13.1. The molecule has 2 aliphatic rings. The molecule has 0 aromatic heterocycles. The summed E-state index contributed by atoms with van der Waals surface area (Å²) in [6, 6.07) is 14.2. The van der Waals surface area contributed by atoms with Gasteiger partial charge in [-0.2, -0.15) is 0 Å². The van der Waals surface area contributed by atoms with Crippen molar-refractivity contribution in [2.75, 3.05) is 7.11 Å². The zero-order valence-electron chi connectivity index (χ0n) is 17.3. The highest BCUT2D eigenvalue weighted by Gasteiger charge is 2.37. The Morgan fingerprint density at radius 1 is 1.19 bits per heavy atom. The van der Waals surface area contributed by atoms with Gasteiger partial charge < -0.3 is 9.47 Å². The molecule has 2 fully saturated rings. The Morgan fingerprint density at radius 2 is 1.94 bits per heavy atom. The molecule has 2 aromatic carbocycles. The van der Waals surface area contributed by atoms with E-state index in [4.69, 9.17) is 21.7 Å². The number of thioether (sulfide) groups is 1. The van der Waals surface area contributed by atoms with Crippen LogP contribution in [0.3, 0.4) is 0 Å². The summed E-state index contributed by atoms with van der Waals surface area (Å²) in [5.74, 6) is 1.39. The fourth-order valence-corrected chi connectivity index (χ4v) is 6.16. The van der Waals surface area contributed by atoms with Gasteiger partial charge in [-0.15, -0.1) is 0 Å². The number of hydrogen-bond acceptors (Lipinski definition) is 5. The minimum Gasteiger partial charge on any atom is -0.493 e. The summed E-state index contributed by atoms with van der Waals surface area (Å²) in [7, 11) is 1.63. The number of rotatable bonds is 6. The maximum Gasteiger partial charge on any atom is 0.266 e. The summed E-state index contributed by atoms with van der Waals surface area (Å²) >= 11 is 9.20.